The molecule has 1 amide bonds. The van der Waals surface area contributed by atoms with Crippen molar-refractivity contribution < 1.29 is 4.79 Å². The summed E-state index contributed by atoms with van der Waals surface area (Å²) in [6.45, 7) is 2.60. The fraction of sp³-hybridized carbons (Fsp3) is 0.150. The predicted molar refractivity (Wildman–Crippen MR) is 116 cm³/mol. The second-order valence-corrected chi connectivity index (χ2v) is 8.86. The standard InChI is InChI=1S/C20H17ClN4OS2/c1-13-23-24-20(28-13)22-19(26)12-27-18-11-25(17-5-3-2-4-16(17)18)10-14-6-8-15(21)9-7-14/h2-9,11H,10,12H2,1H3,(H,22,24,26). The number of amides is 1. The Labute approximate surface area is 175 Å². The van der Waals surface area contributed by atoms with Gasteiger partial charge in [-0.25, -0.2) is 0 Å². The number of hydrogen-bond acceptors (Lipinski definition) is 5. The normalized spacial score (nSPS) is 11.1. The summed E-state index contributed by atoms with van der Waals surface area (Å²) in [5, 5.41) is 13.9. The third-order valence-corrected chi connectivity index (χ3v) is 6.20. The maximum absolute atomic E-state index is 12.2. The van der Waals surface area contributed by atoms with Gasteiger partial charge in [-0.15, -0.1) is 22.0 Å². The zero-order valence-corrected chi connectivity index (χ0v) is 17.4. The molecule has 0 bridgehead atoms. The first kappa shape index (κ1) is 19.0. The minimum atomic E-state index is -0.0873. The van der Waals surface area contributed by atoms with Crippen LogP contribution < -0.4 is 5.32 Å². The van der Waals surface area contributed by atoms with E-state index in [1.165, 1.54) is 28.7 Å². The van der Waals surface area contributed by atoms with Crippen LogP contribution in [0.25, 0.3) is 10.9 Å². The van der Waals surface area contributed by atoms with Crippen molar-refractivity contribution >= 4 is 56.6 Å². The molecule has 142 valence electrons. The van der Waals surface area contributed by atoms with Gasteiger partial charge in [0.05, 0.1) is 5.75 Å². The van der Waals surface area contributed by atoms with Crippen LogP contribution in [0, 0.1) is 6.92 Å². The summed E-state index contributed by atoms with van der Waals surface area (Å²) in [7, 11) is 0. The molecule has 0 spiro atoms. The van der Waals surface area contributed by atoms with E-state index < -0.39 is 0 Å². The van der Waals surface area contributed by atoms with Gasteiger partial charge in [-0.2, -0.15) is 0 Å². The lowest BCUT2D eigenvalue weighted by molar-refractivity contribution is -0.113. The first-order valence-corrected chi connectivity index (χ1v) is 10.8. The number of nitrogens with one attached hydrogen (secondary N) is 1. The summed E-state index contributed by atoms with van der Waals surface area (Å²) in [4.78, 5) is 13.3. The van der Waals surface area contributed by atoms with Crippen LogP contribution in [0.15, 0.2) is 59.6 Å². The molecule has 2 heterocycles. The Kier molecular flexibility index (Phi) is 5.66. The lowest BCUT2D eigenvalue weighted by Gasteiger charge is -2.05. The minimum absolute atomic E-state index is 0.0873. The SMILES string of the molecule is Cc1nnc(NC(=O)CSc2cn(Cc3ccc(Cl)cc3)c3ccccc23)s1. The summed E-state index contributed by atoms with van der Waals surface area (Å²) >= 11 is 8.88. The zero-order valence-electron chi connectivity index (χ0n) is 15.1. The van der Waals surface area contributed by atoms with Gasteiger partial charge in [0, 0.05) is 33.6 Å². The second kappa shape index (κ2) is 8.34. The number of aryl methyl sites for hydroxylation is 1. The van der Waals surface area contributed by atoms with Crippen molar-refractivity contribution in [3.05, 3.63) is 70.3 Å². The van der Waals surface area contributed by atoms with Gasteiger partial charge < -0.3 is 4.57 Å². The summed E-state index contributed by atoms with van der Waals surface area (Å²) < 4.78 is 2.20. The van der Waals surface area contributed by atoms with Crippen LogP contribution in [-0.2, 0) is 11.3 Å². The quantitative estimate of drug-likeness (QED) is 0.427. The average Bonchev–Trinajstić information content (AvgIpc) is 3.25. The number of hydrogen-bond donors (Lipinski definition) is 1. The van der Waals surface area contributed by atoms with Gasteiger partial charge in [0.2, 0.25) is 11.0 Å². The van der Waals surface area contributed by atoms with Gasteiger partial charge in [-0.3, -0.25) is 10.1 Å². The van der Waals surface area contributed by atoms with Gasteiger partial charge in [0.25, 0.3) is 0 Å². The van der Waals surface area contributed by atoms with Crippen molar-refractivity contribution in [3.8, 4) is 0 Å². The highest BCUT2D eigenvalue weighted by molar-refractivity contribution is 8.00. The highest BCUT2D eigenvalue weighted by Gasteiger charge is 2.12. The highest BCUT2D eigenvalue weighted by Crippen LogP contribution is 2.31. The molecule has 1 N–H and O–H groups in total. The Bertz CT molecular complexity index is 1120. The van der Waals surface area contributed by atoms with E-state index in [9.17, 15) is 4.79 Å². The lowest BCUT2D eigenvalue weighted by atomic mass is 10.2. The number of thioether (sulfide) groups is 1. The Balaban J connectivity index is 1.50. The molecule has 0 radical (unpaired) electrons. The molecular formula is C20H17ClN4OS2. The Hall–Kier alpha value is -2.35. The van der Waals surface area contributed by atoms with E-state index in [0.717, 1.165) is 32.4 Å². The van der Waals surface area contributed by atoms with E-state index in [1.54, 1.807) is 0 Å². The maximum Gasteiger partial charge on any atom is 0.236 e. The molecule has 0 atom stereocenters. The highest BCUT2D eigenvalue weighted by atomic mass is 35.5. The fourth-order valence-corrected chi connectivity index (χ4v) is 4.51. The number of nitrogens with zero attached hydrogens (tertiary/aromatic N) is 3. The molecule has 28 heavy (non-hydrogen) atoms. The number of halogens is 1. The fourth-order valence-electron chi connectivity index (χ4n) is 2.89. The molecule has 0 saturated heterocycles. The molecule has 4 aromatic rings. The van der Waals surface area contributed by atoms with Crippen LogP contribution in [0.4, 0.5) is 5.13 Å². The van der Waals surface area contributed by atoms with E-state index in [1.807, 2.05) is 43.3 Å². The number of benzene rings is 2. The number of aromatic nitrogens is 3. The number of anilines is 1. The van der Waals surface area contributed by atoms with Crippen molar-refractivity contribution in [1.29, 1.82) is 0 Å². The first-order valence-electron chi connectivity index (χ1n) is 8.63. The van der Waals surface area contributed by atoms with Gasteiger partial charge in [-0.1, -0.05) is 53.3 Å². The maximum atomic E-state index is 12.2. The van der Waals surface area contributed by atoms with Crippen molar-refractivity contribution in [2.24, 2.45) is 0 Å². The Morgan fingerprint density at radius 2 is 1.96 bits per heavy atom. The molecule has 8 heteroatoms. The zero-order chi connectivity index (χ0) is 19.5. The van der Waals surface area contributed by atoms with E-state index in [2.05, 4.69) is 38.4 Å². The molecule has 5 nitrogen and oxygen atoms in total. The van der Waals surface area contributed by atoms with Crippen molar-refractivity contribution in [2.45, 2.75) is 18.4 Å². The monoisotopic (exact) mass is 428 g/mol. The third kappa shape index (κ3) is 4.38. The number of para-hydroxylation sites is 1. The molecule has 0 aliphatic carbocycles. The van der Waals surface area contributed by atoms with Gasteiger partial charge in [0.1, 0.15) is 5.01 Å². The first-order chi connectivity index (χ1) is 13.6. The molecule has 0 saturated carbocycles. The van der Waals surface area contributed by atoms with Crippen LogP contribution in [-0.4, -0.2) is 26.4 Å². The molecule has 0 aliphatic heterocycles. The van der Waals surface area contributed by atoms with E-state index >= 15 is 0 Å². The van der Waals surface area contributed by atoms with E-state index in [-0.39, 0.29) is 5.91 Å². The van der Waals surface area contributed by atoms with Crippen LogP contribution in [0.3, 0.4) is 0 Å². The Morgan fingerprint density at radius 1 is 1.18 bits per heavy atom. The molecule has 0 unspecified atom stereocenters. The molecule has 4 rings (SSSR count). The lowest BCUT2D eigenvalue weighted by Crippen LogP contribution is -2.13. The van der Waals surface area contributed by atoms with Gasteiger partial charge in [-0.05, 0) is 30.7 Å². The second-order valence-electron chi connectivity index (χ2n) is 6.23. The van der Waals surface area contributed by atoms with E-state index in [0.29, 0.717) is 10.9 Å². The molecule has 0 aliphatic rings. The molecule has 0 fully saturated rings. The largest absolute Gasteiger partial charge is 0.342 e. The number of carbonyl (C=O) groups excluding carboxylic acids is 1. The predicted octanol–water partition coefficient (Wildman–Crippen LogP) is 5.23. The van der Waals surface area contributed by atoms with Crippen molar-refractivity contribution in [1.82, 2.24) is 14.8 Å². The summed E-state index contributed by atoms with van der Waals surface area (Å²) in [6.07, 6.45) is 2.10. The van der Waals surface area contributed by atoms with Crippen molar-refractivity contribution in [2.75, 3.05) is 11.1 Å². The van der Waals surface area contributed by atoms with E-state index in [4.69, 9.17) is 11.6 Å². The molecule has 2 aromatic carbocycles. The summed E-state index contributed by atoms with van der Waals surface area (Å²) in [5.74, 6) is 0.226. The summed E-state index contributed by atoms with van der Waals surface area (Å²) in [6, 6.07) is 16.1. The number of rotatable bonds is 6. The molecule has 2 aromatic heterocycles. The smallest absolute Gasteiger partial charge is 0.236 e. The number of fused-ring (bicyclic) bond motifs is 1. The average molecular weight is 429 g/mol. The van der Waals surface area contributed by atoms with Crippen LogP contribution in [0.1, 0.15) is 10.6 Å². The van der Waals surface area contributed by atoms with Gasteiger partial charge in [0.15, 0.2) is 0 Å². The molecular weight excluding hydrogens is 412 g/mol. The van der Waals surface area contributed by atoms with Crippen LogP contribution in [0.2, 0.25) is 5.02 Å². The Morgan fingerprint density at radius 3 is 2.71 bits per heavy atom. The number of carbonyl (C=O) groups is 1. The van der Waals surface area contributed by atoms with Gasteiger partial charge >= 0.3 is 0 Å². The third-order valence-electron chi connectivity index (χ3n) is 4.15. The topological polar surface area (TPSA) is 59.8 Å². The van der Waals surface area contributed by atoms with Crippen molar-refractivity contribution in [3.63, 3.8) is 0 Å². The minimum Gasteiger partial charge on any atom is -0.342 e. The summed E-state index contributed by atoms with van der Waals surface area (Å²) in [5.41, 5.74) is 2.31. The van der Waals surface area contributed by atoms with Crippen LogP contribution in [0.5, 0.6) is 0 Å². The van der Waals surface area contributed by atoms with Crippen LogP contribution >= 0.6 is 34.7 Å².